The first kappa shape index (κ1) is 24.4. The monoisotopic (exact) mass is 478 g/mol. The van der Waals surface area contributed by atoms with E-state index >= 15 is 0 Å². The van der Waals surface area contributed by atoms with Gasteiger partial charge in [0, 0.05) is 24.7 Å². The fourth-order valence-corrected chi connectivity index (χ4v) is 3.88. The van der Waals surface area contributed by atoms with Gasteiger partial charge in [-0.3, -0.25) is 4.90 Å². The minimum absolute atomic E-state index is 0.437. The number of hydrogen-bond donors (Lipinski definition) is 1. The number of aryl methyl sites for hydroxylation is 2. The lowest BCUT2D eigenvalue weighted by Crippen LogP contribution is -2.38. The summed E-state index contributed by atoms with van der Waals surface area (Å²) in [4.78, 5) is 19.2. The standard InChI is InChI=1S/C26H30N4O5/c1-18-12-20(13-19(2)24(18)34-26(3,4)25(31)32)15-29(17-30-27-10-11-33-30)16-22-14-23(35-28-22)21-8-6-5-7-9-21/h5-10,12-14H,11,15-17H2,1-4H3,(H,31,32). The van der Waals surface area contributed by atoms with E-state index in [4.69, 9.17) is 14.1 Å². The van der Waals surface area contributed by atoms with Crippen molar-refractivity contribution in [1.29, 1.82) is 0 Å². The first-order valence-corrected chi connectivity index (χ1v) is 11.4. The number of hydrazone groups is 1. The van der Waals surface area contributed by atoms with E-state index in [1.54, 1.807) is 25.2 Å². The number of hydrogen-bond acceptors (Lipinski definition) is 8. The topological polar surface area (TPSA) is 101 Å². The zero-order valence-electron chi connectivity index (χ0n) is 20.4. The van der Waals surface area contributed by atoms with Crippen molar-refractivity contribution >= 4 is 12.2 Å². The van der Waals surface area contributed by atoms with Crippen LogP contribution in [0.4, 0.5) is 0 Å². The predicted molar refractivity (Wildman–Crippen MR) is 131 cm³/mol. The molecular weight excluding hydrogens is 448 g/mol. The highest BCUT2D eigenvalue weighted by molar-refractivity contribution is 5.77. The molecule has 0 amide bonds. The molecule has 0 aliphatic carbocycles. The third-order valence-electron chi connectivity index (χ3n) is 5.63. The van der Waals surface area contributed by atoms with Gasteiger partial charge in [0.2, 0.25) is 0 Å². The Balaban J connectivity index is 1.53. The Labute approximate surface area is 204 Å². The molecule has 0 saturated carbocycles. The fourth-order valence-electron chi connectivity index (χ4n) is 3.88. The van der Waals surface area contributed by atoms with E-state index in [0.29, 0.717) is 37.9 Å². The molecule has 3 aromatic rings. The van der Waals surface area contributed by atoms with Crippen molar-refractivity contribution in [3.8, 4) is 17.1 Å². The molecule has 2 aromatic carbocycles. The molecule has 0 saturated heterocycles. The van der Waals surface area contributed by atoms with Crippen LogP contribution in [0.2, 0.25) is 0 Å². The third-order valence-corrected chi connectivity index (χ3v) is 5.63. The number of aliphatic carboxylic acids is 1. The van der Waals surface area contributed by atoms with Gasteiger partial charge in [0.1, 0.15) is 19.0 Å². The van der Waals surface area contributed by atoms with Gasteiger partial charge in [0.25, 0.3) is 0 Å². The van der Waals surface area contributed by atoms with E-state index in [1.165, 1.54) is 0 Å². The molecule has 1 aliphatic rings. The van der Waals surface area contributed by atoms with Gasteiger partial charge in [-0.15, -0.1) is 0 Å². The summed E-state index contributed by atoms with van der Waals surface area (Å²) < 4.78 is 11.4. The normalized spacial score (nSPS) is 13.6. The second kappa shape index (κ2) is 10.3. The number of nitrogens with zero attached hydrogens (tertiary/aromatic N) is 4. The Morgan fingerprint density at radius 3 is 2.49 bits per heavy atom. The van der Waals surface area contributed by atoms with Gasteiger partial charge in [0.05, 0.1) is 11.9 Å². The molecule has 0 fully saturated rings. The number of carbonyl (C=O) groups is 1. The second-order valence-corrected chi connectivity index (χ2v) is 9.10. The molecule has 1 aliphatic heterocycles. The molecule has 0 unspecified atom stereocenters. The highest BCUT2D eigenvalue weighted by Crippen LogP contribution is 2.29. The molecule has 0 atom stereocenters. The minimum atomic E-state index is -1.32. The molecule has 35 heavy (non-hydrogen) atoms. The molecule has 2 heterocycles. The van der Waals surface area contributed by atoms with Crippen molar-refractivity contribution < 1.29 is 24.0 Å². The Kier molecular flexibility index (Phi) is 7.18. The molecule has 1 N–H and O–H groups in total. The van der Waals surface area contributed by atoms with Crippen LogP contribution in [0, 0.1) is 13.8 Å². The van der Waals surface area contributed by atoms with Crippen LogP contribution in [0.3, 0.4) is 0 Å². The lowest BCUT2D eigenvalue weighted by Gasteiger charge is -2.27. The number of aromatic nitrogens is 1. The maximum atomic E-state index is 11.5. The molecule has 0 bridgehead atoms. The molecule has 9 nitrogen and oxygen atoms in total. The maximum absolute atomic E-state index is 11.5. The average Bonchev–Trinajstić information content (AvgIpc) is 3.49. The summed E-state index contributed by atoms with van der Waals surface area (Å²) >= 11 is 0. The van der Waals surface area contributed by atoms with E-state index in [1.807, 2.05) is 62.4 Å². The van der Waals surface area contributed by atoms with Crippen LogP contribution in [0.5, 0.6) is 5.75 Å². The molecule has 9 heteroatoms. The van der Waals surface area contributed by atoms with Crippen LogP contribution in [0.1, 0.15) is 36.2 Å². The van der Waals surface area contributed by atoms with Crippen molar-refractivity contribution in [3.63, 3.8) is 0 Å². The summed E-state index contributed by atoms with van der Waals surface area (Å²) in [6, 6.07) is 15.8. The molecule has 184 valence electrons. The van der Waals surface area contributed by atoms with Gasteiger partial charge in [-0.25, -0.2) is 9.63 Å². The number of rotatable bonds is 10. The van der Waals surface area contributed by atoms with Crippen molar-refractivity contribution in [2.45, 2.75) is 46.4 Å². The number of benzene rings is 2. The number of carboxylic acid groups (broad SMARTS) is 1. The fraction of sp³-hybridized carbons (Fsp3) is 0.346. The number of ether oxygens (including phenoxy) is 1. The third kappa shape index (κ3) is 6.06. The highest BCUT2D eigenvalue weighted by Gasteiger charge is 2.30. The quantitative estimate of drug-likeness (QED) is 0.458. The van der Waals surface area contributed by atoms with Crippen LogP contribution in [0.15, 0.2) is 58.2 Å². The van der Waals surface area contributed by atoms with Crippen LogP contribution in [-0.2, 0) is 22.7 Å². The first-order valence-electron chi connectivity index (χ1n) is 11.4. The summed E-state index contributed by atoms with van der Waals surface area (Å²) in [5.74, 6) is 0.287. The van der Waals surface area contributed by atoms with Crippen molar-refractivity contribution in [2.75, 3.05) is 13.3 Å². The van der Waals surface area contributed by atoms with E-state index in [9.17, 15) is 9.90 Å². The summed E-state index contributed by atoms with van der Waals surface area (Å²) in [5.41, 5.74) is 3.24. The van der Waals surface area contributed by atoms with Gasteiger partial charge in [-0.1, -0.05) is 47.6 Å². The summed E-state index contributed by atoms with van der Waals surface area (Å²) in [6.45, 7) is 8.93. The summed E-state index contributed by atoms with van der Waals surface area (Å²) in [5, 5.41) is 19.5. The van der Waals surface area contributed by atoms with Crippen molar-refractivity contribution in [3.05, 3.63) is 70.9 Å². The molecule has 0 spiro atoms. The largest absolute Gasteiger partial charge is 0.478 e. The lowest BCUT2D eigenvalue weighted by molar-refractivity contribution is -0.156. The molecular formula is C26H30N4O5. The second-order valence-electron chi connectivity index (χ2n) is 9.10. The zero-order valence-corrected chi connectivity index (χ0v) is 20.4. The molecule has 4 rings (SSSR count). The minimum Gasteiger partial charge on any atom is -0.478 e. The number of hydroxylamine groups is 1. The Hall–Kier alpha value is -3.69. The van der Waals surface area contributed by atoms with E-state index < -0.39 is 11.6 Å². The SMILES string of the molecule is Cc1cc(CN(Cc2cc(-c3ccccc3)on2)CN2N=CCO2)cc(C)c1OC(C)(C)C(=O)O. The van der Waals surface area contributed by atoms with E-state index in [2.05, 4.69) is 15.2 Å². The Morgan fingerprint density at radius 2 is 1.86 bits per heavy atom. The summed E-state index contributed by atoms with van der Waals surface area (Å²) in [7, 11) is 0. The summed E-state index contributed by atoms with van der Waals surface area (Å²) in [6.07, 6.45) is 1.71. The van der Waals surface area contributed by atoms with Crippen LogP contribution in [0.25, 0.3) is 11.3 Å². The smallest absolute Gasteiger partial charge is 0.347 e. The zero-order chi connectivity index (χ0) is 25.0. The highest BCUT2D eigenvalue weighted by atomic mass is 16.7. The van der Waals surface area contributed by atoms with Gasteiger partial charge in [-0.2, -0.15) is 10.3 Å². The molecule has 1 aromatic heterocycles. The van der Waals surface area contributed by atoms with Gasteiger partial charge >= 0.3 is 5.97 Å². The van der Waals surface area contributed by atoms with Crippen LogP contribution >= 0.6 is 0 Å². The van der Waals surface area contributed by atoms with Gasteiger partial charge < -0.3 is 14.4 Å². The van der Waals surface area contributed by atoms with Gasteiger partial charge in [0.15, 0.2) is 11.4 Å². The molecule has 0 radical (unpaired) electrons. The van der Waals surface area contributed by atoms with Crippen molar-refractivity contribution in [1.82, 2.24) is 15.2 Å². The lowest BCUT2D eigenvalue weighted by atomic mass is 10.0. The average molecular weight is 479 g/mol. The van der Waals surface area contributed by atoms with E-state index in [-0.39, 0.29) is 0 Å². The predicted octanol–water partition coefficient (Wildman–Crippen LogP) is 4.39. The Morgan fingerprint density at radius 1 is 1.14 bits per heavy atom. The first-order chi connectivity index (χ1) is 16.7. The van der Waals surface area contributed by atoms with E-state index in [0.717, 1.165) is 27.9 Å². The number of carboxylic acids is 1. The van der Waals surface area contributed by atoms with Crippen LogP contribution in [-0.4, -0.2) is 51.4 Å². The Bertz CT molecular complexity index is 1180. The van der Waals surface area contributed by atoms with Crippen molar-refractivity contribution in [2.24, 2.45) is 5.10 Å². The maximum Gasteiger partial charge on any atom is 0.347 e. The van der Waals surface area contributed by atoms with Crippen LogP contribution < -0.4 is 4.74 Å². The van der Waals surface area contributed by atoms with Gasteiger partial charge in [-0.05, 0) is 44.4 Å².